The van der Waals surface area contributed by atoms with Crippen LogP contribution in [-0.4, -0.2) is 61.6 Å². The molecule has 1 aromatic carbocycles. The molecular formula is C22H36N4O4. The Kier molecular flexibility index (Phi) is 10.5. The first-order valence-electron chi connectivity index (χ1n) is 10.1. The van der Waals surface area contributed by atoms with Crippen molar-refractivity contribution in [2.45, 2.75) is 58.9 Å². The number of para-hydroxylation sites is 1. The van der Waals surface area contributed by atoms with Gasteiger partial charge in [0.1, 0.15) is 12.3 Å². The molecule has 0 saturated heterocycles. The molecule has 0 saturated carbocycles. The van der Waals surface area contributed by atoms with Crippen LogP contribution in [0.4, 0.5) is 5.69 Å². The van der Waals surface area contributed by atoms with Gasteiger partial charge in [-0.15, -0.1) is 0 Å². The maximum absolute atomic E-state index is 13.0. The Morgan fingerprint density at radius 1 is 1.13 bits per heavy atom. The third-order valence-corrected chi connectivity index (χ3v) is 4.17. The molecule has 0 spiro atoms. The van der Waals surface area contributed by atoms with Crippen molar-refractivity contribution in [3.05, 3.63) is 30.3 Å². The summed E-state index contributed by atoms with van der Waals surface area (Å²) in [6.07, 6.45) is 1.00. The number of nitrogens with zero attached hydrogens (tertiary/aromatic N) is 2. The second kappa shape index (κ2) is 12.3. The van der Waals surface area contributed by atoms with E-state index in [0.717, 1.165) is 5.69 Å². The number of amides is 2. The monoisotopic (exact) mass is 420 g/mol. The molecule has 1 aromatic rings. The molecule has 0 bridgehead atoms. The summed E-state index contributed by atoms with van der Waals surface area (Å²) in [6.45, 7) is 9.83. The van der Waals surface area contributed by atoms with E-state index in [1.165, 1.54) is 25.3 Å². The summed E-state index contributed by atoms with van der Waals surface area (Å²) in [5.41, 5.74) is 3.15. The third kappa shape index (κ3) is 9.37. The molecule has 2 amide bonds. The van der Waals surface area contributed by atoms with E-state index < -0.39 is 23.8 Å². The molecular weight excluding hydrogens is 384 g/mol. The van der Waals surface area contributed by atoms with Crippen molar-refractivity contribution >= 4 is 23.7 Å². The summed E-state index contributed by atoms with van der Waals surface area (Å²) in [5, 5.41) is 7.01. The molecule has 0 radical (unpaired) electrons. The van der Waals surface area contributed by atoms with Gasteiger partial charge in [-0.05, 0) is 45.2 Å². The molecule has 0 fully saturated rings. The third-order valence-electron chi connectivity index (χ3n) is 4.17. The van der Waals surface area contributed by atoms with E-state index in [1.54, 1.807) is 0 Å². The van der Waals surface area contributed by atoms with Crippen LogP contribution < -0.4 is 10.7 Å². The first-order valence-corrected chi connectivity index (χ1v) is 10.1. The van der Waals surface area contributed by atoms with Crippen molar-refractivity contribution < 1.29 is 19.1 Å². The molecule has 8 heteroatoms. The SMILES string of the molecule is COC(CN(C(=O)/C=N\Nc1ccccc1)C(CC(C)C)C(=O)NC(C)(C)C)OC. The van der Waals surface area contributed by atoms with Crippen LogP contribution in [0.25, 0.3) is 0 Å². The van der Waals surface area contributed by atoms with E-state index in [1.807, 2.05) is 65.0 Å². The van der Waals surface area contributed by atoms with Crippen LogP contribution in [0.3, 0.4) is 0 Å². The van der Waals surface area contributed by atoms with Crippen molar-refractivity contribution in [3.8, 4) is 0 Å². The van der Waals surface area contributed by atoms with E-state index >= 15 is 0 Å². The van der Waals surface area contributed by atoms with E-state index in [9.17, 15) is 9.59 Å². The highest BCUT2D eigenvalue weighted by Gasteiger charge is 2.33. The Balaban J connectivity index is 3.11. The lowest BCUT2D eigenvalue weighted by atomic mass is 9.99. The number of carbonyl (C=O) groups is 2. The Morgan fingerprint density at radius 2 is 1.73 bits per heavy atom. The predicted octanol–water partition coefficient (Wildman–Crippen LogP) is 2.86. The van der Waals surface area contributed by atoms with Crippen molar-refractivity contribution in [3.63, 3.8) is 0 Å². The lowest BCUT2D eigenvalue weighted by molar-refractivity contribution is -0.150. The Bertz CT molecular complexity index is 682. The molecule has 1 rings (SSSR count). The number of benzene rings is 1. The number of nitrogens with one attached hydrogen (secondary N) is 2. The highest BCUT2D eigenvalue weighted by atomic mass is 16.7. The van der Waals surface area contributed by atoms with Gasteiger partial charge in [-0.25, -0.2) is 0 Å². The lowest BCUT2D eigenvalue weighted by Crippen LogP contribution is -2.56. The number of rotatable bonds is 11. The predicted molar refractivity (Wildman–Crippen MR) is 119 cm³/mol. The van der Waals surface area contributed by atoms with Crippen LogP contribution in [-0.2, 0) is 19.1 Å². The van der Waals surface area contributed by atoms with Crippen molar-refractivity contribution in [2.75, 3.05) is 26.2 Å². The fraction of sp³-hybridized carbons (Fsp3) is 0.591. The lowest BCUT2D eigenvalue weighted by Gasteiger charge is -2.35. The van der Waals surface area contributed by atoms with Gasteiger partial charge in [-0.1, -0.05) is 32.0 Å². The van der Waals surface area contributed by atoms with E-state index in [0.29, 0.717) is 6.42 Å². The van der Waals surface area contributed by atoms with Gasteiger partial charge in [0.15, 0.2) is 6.29 Å². The molecule has 168 valence electrons. The van der Waals surface area contributed by atoms with E-state index in [2.05, 4.69) is 15.8 Å². The molecule has 8 nitrogen and oxygen atoms in total. The van der Waals surface area contributed by atoms with Crippen LogP contribution in [0.1, 0.15) is 41.0 Å². The molecule has 30 heavy (non-hydrogen) atoms. The van der Waals surface area contributed by atoms with Gasteiger partial charge < -0.3 is 19.7 Å². The summed E-state index contributed by atoms with van der Waals surface area (Å²) >= 11 is 0. The van der Waals surface area contributed by atoms with E-state index in [-0.39, 0.29) is 18.4 Å². The number of hydrogen-bond donors (Lipinski definition) is 2. The average molecular weight is 421 g/mol. The maximum atomic E-state index is 13.0. The number of ether oxygens (including phenoxy) is 2. The highest BCUT2D eigenvalue weighted by Crippen LogP contribution is 2.16. The Hall–Kier alpha value is -2.45. The van der Waals surface area contributed by atoms with Crippen LogP contribution in [0.2, 0.25) is 0 Å². The number of anilines is 1. The molecule has 0 aliphatic rings. The standard InChI is InChI=1S/C22H36N4O4/c1-16(2)13-18(21(28)24-22(3,4)5)26(15-20(29-6)30-7)19(27)14-23-25-17-11-9-8-10-12-17/h8-12,14,16,18,20,25H,13,15H2,1-7H3,(H,24,28)/b23-14-. The van der Waals surface area contributed by atoms with Crippen molar-refractivity contribution in [1.82, 2.24) is 10.2 Å². The van der Waals surface area contributed by atoms with Crippen LogP contribution in [0.15, 0.2) is 35.4 Å². The molecule has 0 heterocycles. The topological polar surface area (TPSA) is 92.3 Å². The summed E-state index contributed by atoms with van der Waals surface area (Å²) in [4.78, 5) is 27.5. The van der Waals surface area contributed by atoms with Gasteiger partial charge in [0, 0.05) is 19.8 Å². The molecule has 1 atom stereocenters. The fourth-order valence-electron chi connectivity index (χ4n) is 2.80. The first kappa shape index (κ1) is 25.6. The quantitative estimate of drug-likeness (QED) is 0.326. The molecule has 0 aromatic heterocycles. The Morgan fingerprint density at radius 3 is 2.23 bits per heavy atom. The second-order valence-corrected chi connectivity index (χ2v) is 8.51. The van der Waals surface area contributed by atoms with Gasteiger partial charge in [0.05, 0.1) is 12.2 Å². The van der Waals surface area contributed by atoms with Gasteiger partial charge in [-0.2, -0.15) is 5.10 Å². The Labute approximate surface area is 180 Å². The maximum Gasteiger partial charge on any atom is 0.267 e. The van der Waals surface area contributed by atoms with Crippen molar-refractivity contribution in [1.29, 1.82) is 0 Å². The van der Waals surface area contributed by atoms with Gasteiger partial charge in [-0.3, -0.25) is 15.0 Å². The molecule has 0 aliphatic carbocycles. The molecule has 1 unspecified atom stereocenters. The molecule has 0 aliphatic heterocycles. The fourth-order valence-corrected chi connectivity index (χ4v) is 2.80. The minimum atomic E-state index is -0.687. The summed E-state index contributed by atoms with van der Waals surface area (Å²) in [6, 6.07) is 8.61. The summed E-state index contributed by atoms with van der Waals surface area (Å²) in [7, 11) is 2.99. The first-order chi connectivity index (χ1) is 14.1. The summed E-state index contributed by atoms with van der Waals surface area (Å²) < 4.78 is 10.6. The summed E-state index contributed by atoms with van der Waals surface area (Å²) in [5.74, 6) is -0.439. The zero-order chi connectivity index (χ0) is 22.7. The highest BCUT2D eigenvalue weighted by molar-refractivity contribution is 6.26. The van der Waals surface area contributed by atoms with Crippen molar-refractivity contribution in [2.24, 2.45) is 11.0 Å². The van der Waals surface area contributed by atoms with E-state index in [4.69, 9.17) is 9.47 Å². The zero-order valence-corrected chi connectivity index (χ0v) is 19.1. The number of carbonyl (C=O) groups excluding carboxylic acids is 2. The van der Waals surface area contributed by atoms with Crippen LogP contribution in [0, 0.1) is 5.92 Å². The van der Waals surface area contributed by atoms with Gasteiger partial charge in [0.25, 0.3) is 5.91 Å². The smallest absolute Gasteiger partial charge is 0.267 e. The molecule has 2 N–H and O–H groups in total. The normalized spacial score (nSPS) is 13.0. The second-order valence-electron chi connectivity index (χ2n) is 8.51. The zero-order valence-electron chi connectivity index (χ0n) is 19.1. The number of hydrazone groups is 1. The van der Waals surface area contributed by atoms with Crippen LogP contribution in [0.5, 0.6) is 0 Å². The number of hydrogen-bond acceptors (Lipinski definition) is 6. The minimum Gasteiger partial charge on any atom is -0.354 e. The van der Waals surface area contributed by atoms with Crippen LogP contribution >= 0.6 is 0 Å². The van der Waals surface area contributed by atoms with Gasteiger partial charge in [0.2, 0.25) is 5.91 Å². The van der Waals surface area contributed by atoms with Gasteiger partial charge >= 0.3 is 0 Å². The average Bonchev–Trinajstić information content (AvgIpc) is 2.66. The minimum absolute atomic E-state index is 0.0954. The number of methoxy groups -OCH3 is 2. The largest absolute Gasteiger partial charge is 0.354 e.